The Bertz CT molecular complexity index is 431. The first kappa shape index (κ1) is 12.9. The van der Waals surface area contributed by atoms with Gasteiger partial charge in [0.2, 0.25) is 0 Å². The summed E-state index contributed by atoms with van der Waals surface area (Å²) in [5.41, 5.74) is 2.42. The summed E-state index contributed by atoms with van der Waals surface area (Å²) >= 11 is 0. The quantitative estimate of drug-likeness (QED) is 0.809. The number of nitrogens with one attached hydrogen (secondary N) is 1. The molecular formula is C14H19NO3. The van der Waals surface area contributed by atoms with Crippen LogP contribution in [0.5, 0.6) is 5.75 Å². The normalized spacial score (nSPS) is 14.8. The molecule has 0 amide bonds. The van der Waals surface area contributed by atoms with Crippen LogP contribution in [0.25, 0.3) is 0 Å². The number of esters is 1. The van der Waals surface area contributed by atoms with Gasteiger partial charge in [0.25, 0.3) is 0 Å². The second-order valence-electron chi connectivity index (χ2n) is 4.37. The van der Waals surface area contributed by atoms with Crippen molar-refractivity contribution in [3.8, 4) is 5.75 Å². The van der Waals surface area contributed by atoms with E-state index in [1.807, 2.05) is 26.0 Å². The van der Waals surface area contributed by atoms with Crippen molar-refractivity contribution >= 4 is 5.97 Å². The van der Waals surface area contributed by atoms with Gasteiger partial charge in [0.1, 0.15) is 5.75 Å². The van der Waals surface area contributed by atoms with E-state index < -0.39 is 0 Å². The molecule has 18 heavy (non-hydrogen) atoms. The lowest BCUT2D eigenvalue weighted by Crippen LogP contribution is -2.27. The minimum Gasteiger partial charge on any atom is -0.493 e. The third kappa shape index (κ3) is 3.01. The molecular weight excluding hydrogens is 230 g/mol. The number of carbonyl (C=O) groups is 1. The van der Waals surface area contributed by atoms with E-state index in [4.69, 9.17) is 9.47 Å². The Morgan fingerprint density at radius 3 is 3.17 bits per heavy atom. The van der Waals surface area contributed by atoms with E-state index in [1.54, 1.807) is 0 Å². The largest absolute Gasteiger partial charge is 0.493 e. The molecule has 1 aliphatic heterocycles. The van der Waals surface area contributed by atoms with Crippen molar-refractivity contribution in [2.75, 3.05) is 19.8 Å². The molecule has 0 bridgehead atoms. The average Bonchev–Trinajstić information content (AvgIpc) is 2.83. The van der Waals surface area contributed by atoms with Gasteiger partial charge < -0.3 is 14.8 Å². The number of hydrogen-bond acceptors (Lipinski definition) is 4. The average molecular weight is 249 g/mol. The first-order chi connectivity index (χ1) is 8.70. The Labute approximate surface area is 107 Å². The van der Waals surface area contributed by atoms with E-state index >= 15 is 0 Å². The van der Waals surface area contributed by atoms with Crippen molar-refractivity contribution in [2.45, 2.75) is 26.3 Å². The molecule has 1 unspecified atom stereocenters. The molecule has 0 aliphatic carbocycles. The molecule has 2 rings (SSSR count). The lowest BCUT2D eigenvalue weighted by molar-refractivity contribution is -0.142. The van der Waals surface area contributed by atoms with Gasteiger partial charge in [-0.25, -0.2) is 0 Å². The maximum absolute atomic E-state index is 11.3. The lowest BCUT2D eigenvalue weighted by Gasteiger charge is -2.14. The molecule has 4 nitrogen and oxygen atoms in total. The summed E-state index contributed by atoms with van der Waals surface area (Å²) in [5.74, 6) is 0.769. The summed E-state index contributed by atoms with van der Waals surface area (Å²) in [4.78, 5) is 11.3. The van der Waals surface area contributed by atoms with Crippen LogP contribution in [-0.4, -0.2) is 25.7 Å². The van der Waals surface area contributed by atoms with Crippen LogP contribution in [0.1, 0.15) is 31.0 Å². The van der Waals surface area contributed by atoms with Crippen molar-refractivity contribution < 1.29 is 14.3 Å². The maximum atomic E-state index is 11.3. The number of ether oxygens (including phenoxy) is 2. The van der Waals surface area contributed by atoms with Crippen LogP contribution in [0.3, 0.4) is 0 Å². The predicted molar refractivity (Wildman–Crippen MR) is 68.7 cm³/mol. The molecule has 1 atom stereocenters. The van der Waals surface area contributed by atoms with Crippen molar-refractivity contribution in [1.29, 1.82) is 0 Å². The summed E-state index contributed by atoms with van der Waals surface area (Å²) in [6, 6.07) is 6.30. The Hall–Kier alpha value is -1.55. The fourth-order valence-electron chi connectivity index (χ4n) is 2.04. The topological polar surface area (TPSA) is 47.6 Å². The Balaban J connectivity index is 1.92. The number of hydrogen-bond donors (Lipinski definition) is 1. The Morgan fingerprint density at radius 1 is 1.56 bits per heavy atom. The van der Waals surface area contributed by atoms with E-state index in [9.17, 15) is 4.79 Å². The molecule has 1 aromatic carbocycles. The van der Waals surface area contributed by atoms with Crippen molar-refractivity contribution in [1.82, 2.24) is 5.32 Å². The number of fused-ring (bicyclic) bond motifs is 1. The fourth-order valence-corrected chi connectivity index (χ4v) is 2.04. The van der Waals surface area contributed by atoms with Crippen molar-refractivity contribution in [3.63, 3.8) is 0 Å². The van der Waals surface area contributed by atoms with Gasteiger partial charge in [-0.15, -0.1) is 0 Å². The first-order valence-electron chi connectivity index (χ1n) is 6.35. The van der Waals surface area contributed by atoms with Crippen molar-refractivity contribution in [2.24, 2.45) is 0 Å². The number of benzene rings is 1. The van der Waals surface area contributed by atoms with E-state index in [0.717, 1.165) is 18.8 Å². The molecule has 0 saturated carbocycles. The highest BCUT2D eigenvalue weighted by molar-refractivity contribution is 5.71. The third-order valence-electron chi connectivity index (χ3n) is 3.07. The van der Waals surface area contributed by atoms with Gasteiger partial charge in [-0.3, -0.25) is 4.79 Å². The number of rotatable bonds is 5. The van der Waals surface area contributed by atoms with E-state index in [0.29, 0.717) is 6.61 Å². The van der Waals surface area contributed by atoms with Gasteiger partial charge in [-0.2, -0.15) is 0 Å². The predicted octanol–water partition coefficient (Wildman–Crippen LogP) is 1.84. The molecule has 1 aliphatic rings. The van der Waals surface area contributed by atoms with Gasteiger partial charge in [-0.1, -0.05) is 12.1 Å². The standard InChI is InChI=1S/C14H19NO3/c1-3-17-14(16)9-15-10(2)11-4-5-13-12(8-11)6-7-18-13/h4-5,8,10,15H,3,6-7,9H2,1-2H3. The van der Waals surface area contributed by atoms with Crippen LogP contribution in [0.2, 0.25) is 0 Å². The zero-order chi connectivity index (χ0) is 13.0. The van der Waals surface area contributed by atoms with Crippen LogP contribution in [0.4, 0.5) is 0 Å². The molecule has 0 radical (unpaired) electrons. The zero-order valence-electron chi connectivity index (χ0n) is 10.9. The summed E-state index contributed by atoms with van der Waals surface area (Å²) in [5, 5.41) is 3.16. The second kappa shape index (κ2) is 5.87. The molecule has 1 aromatic rings. The molecule has 0 saturated heterocycles. The molecule has 1 heterocycles. The smallest absolute Gasteiger partial charge is 0.319 e. The van der Waals surface area contributed by atoms with Gasteiger partial charge in [0, 0.05) is 12.5 Å². The van der Waals surface area contributed by atoms with Crippen LogP contribution < -0.4 is 10.1 Å². The molecule has 98 valence electrons. The Kier molecular flexibility index (Phi) is 4.20. The van der Waals surface area contributed by atoms with Crippen LogP contribution in [0.15, 0.2) is 18.2 Å². The monoisotopic (exact) mass is 249 g/mol. The molecule has 0 fully saturated rings. The lowest BCUT2D eigenvalue weighted by atomic mass is 10.0. The molecule has 1 N–H and O–H groups in total. The van der Waals surface area contributed by atoms with Crippen LogP contribution >= 0.6 is 0 Å². The van der Waals surface area contributed by atoms with E-state index in [1.165, 1.54) is 11.1 Å². The molecule has 0 aromatic heterocycles. The Morgan fingerprint density at radius 2 is 2.39 bits per heavy atom. The fraction of sp³-hybridized carbons (Fsp3) is 0.500. The van der Waals surface area contributed by atoms with Crippen LogP contribution in [0, 0.1) is 0 Å². The van der Waals surface area contributed by atoms with Crippen LogP contribution in [-0.2, 0) is 16.0 Å². The van der Waals surface area contributed by atoms with Crippen molar-refractivity contribution in [3.05, 3.63) is 29.3 Å². The summed E-state index contributed by atoms with van der Waals surface area (Å²) in [6.45, 7) is 5.27. The number of carbonyl (C=O) groups excluding carboxylic acids is 1. The first-order valence-corrected chi connectivity index (χ1v) is 6.35. The van der Waals surface area contributed by atoms with Gasteiger partial charge in [0.15, 0.2) is 0 Å². The minimum absolute atomic E-state index is 0.125. The second-order valence-corrected chi connectivity index (χ2v) is 4.37. The minimum atomic E-state index is -0.214. The molecule has 0 spiro atoms. The summed E-state index contributed by atoms with van der Waals surface area (Å²) in [7, 11) is 0. The maximum Gasteiger partial charge on any atom is 0.319 e. The molecule has 4 heteroatoms. The van der Waals surface area contributed by atoms with Gasteiger partial charge in [-0.05, 0) is 31.0 Å². The van der Waals surface area contributed by atoms with E-state index in [-0.39, 0.29) is 18.6 Å². The SMILES string of the molecule is CCOC(=O)CNC(C)c1ccc2c(c1)CCO2. The summed E-state index contributed by atoms with van der Waals surface area (Å²) in [6.07, 6.45) is 0.966. The van der Waals surface area contributed by atoms with Gasteiger partial charge in [0.05, 0.1) is 19.8 Å². The van der Waals surface area contributed by atoms with E-state index in [2.05, 4.69) is 11.4 Å². The summed E-state index contributed by atoms with van der Waals surface area (Å²) < 4.78 is 10.3. The third-order valence-corrected chi connectivity index (χ3v) is 3.07. The highest BCUT2D eigenvalue weighted by Gasteiger charge is 2.15. The highest BCUT2D eigenvalue weighted by Crippen LogP contribution is 2.27. The highest BCUT2D eigenvalue weighted by atomic mass is 16.5. The zero-order valence-corrected chi connectivity index (χ0v) is 10.9. The van der Waals surface area contributed by atoms with Gasteiger partial charge >= 0.3 is 5.97 Å².